The van der Waals surface area contributed by atoms with Crippen LogP contribution in [0.1, 0.15) is 10.4 Å². The number of methoxy groups -OCH3 is 1. The zero-order valence-electron chi connectivity index (χ0n) is 18.2. The lowest BCUT2D eigenvalue weighted by molar-refractivity contribution is 0.0601. The van der Waals surface area contributed by atoms with Gasteiger partial charge in [0, 0.05) is 37.0 Å². The molecule has 1 aliphatic rings. The summed E-state index contributed by atoms with van der Waals surface area (Å²) in [7, 11) is 1.24. The fourth-order valence-corrected chi connectivity index (χ4v) is 4.12. The molecule has 0 bridgehead atoms. The van der Waals surface area contributed by atoms with E-state index >= 15 is 0 Å². The van der Waals surface area contributed by atoms with Crippen molar-refractivity contribution in [2.45, 2.75) is 0 Å². The van der Waals surface area contributed by atoms with Crippen LogP contribution >= 0.6 is 0 Å². The number of hydrogen-bond donors (Lipinski definition) is 0. The zero-order valence-corrected chi connectivity index (χ0v) is 18.2. The second kappa shape index (κ2) is 8.75. The lowest BCUT2D eigenvalue weighted by Gasteiger charge is -2.27. The van der Waals surface area contributed by atoms with Crippen LogP contribution in [0.15, 0.2) is 63.9 Å². The molecule has 0 spiro atoms. The van der Waals surface area contributed by atoms with Crippen LogP contribution in [-0.2, 0) is 9.47 Å². The number of halogens is 2. The van der Waals surface area contributed by atoms with E-state index in [1.54, 1.807) is 29.0 Å². The van der Waals surface area contributed by atoms with Gasteiger partial charge in [-0.2, -0.15) is 0 Å². The number of hydrogen-bond acceptors (Lipinski definition) is 6. The molecule has 9 heteroatoms. The SMILES string of the molecule is COC(=O)c1cc(-c2cccn2-c2cc(F)cc(F)c2)c2oc(N3CCOCC3)cc(=O)c2c1. The van der Waals surface area contributed by atoms with Crippen molar-refractivity contribution < 1.29 is 27.5 Å². The summed E-state index contributed by atoms with van der Waals surface area (Å²) in [5, 5.41) is 0.188. The fraction of sp³-hybridized carbons (Fsp3) is 0.200. The van der Waals surface area contributed by atoms with Gasteiger partial charge in [0.1, 0.15) is 17.2 Å². The number of rotatable bonds is 4. The molecule has 1 fully saturated rings. The van der Waals surface area contributed by atoms with Gasteiger partial charge in [-0.25, -0.2) is 13.6 Å². The Labute approximate surface area is 192 Å². The molecule has 2 aromatic carbocycles. The molecule has 0 N–H and O–H groups in total. The van der Waals surface area contributed by atoms with Crippen LogP contribution in [0.5, 0.6) is 0 Å². The van der Waals surface area contributed by atoms with Crippen molar-refractivity contribution >= 4 is 22.8 Å². The van der Waals surface area contributed by atoms with E-state index in [0.29, 0.717) is 43.4 Å². The molecule has 34 heavy (non-hydrogen) atoms. The molecule has 1 aliphatic heterocycles. The van der Waals surface area contributed by atoms with Gasteiger partial charge in [-0.05, 0) is 36.4 Å². The van der Waals surface area contributed by atoms with Gasteiger partial charge in [0.15, 0.2) is 11.3 Å². The van der Waals surface area contributed by atoms with Crippen molar-refractivity contribution in [2.75, 3.05) is 38.3 Å². The highest BCUT2D eigenvalue weighted by molar-refractivity contribution is 6.00. The largest absolute Gasteiger partial charge is 0.465 e. The van der Waals surface area contributed by atoms with E-state index in [0.717, 1.165) is 6.07 Å². The van der Waals surface area contributed by atoms with Crippen LogP contribution in [0.25, 0.3) is 27.9 Å². The van der Waals surface area contributed by atoms with Crippen LogP contribution in [0.2, 0.25) is 0 Å². The van der Waals surface area contributed by atoms with Gasteiger partial charge in [0.2, 0.25) is 0 Å². The third kappa shape index (κ3) is 3.94. The van der Waals surface area contributed by atoms with E-state index in [-0.39, 0.29) is 27.6 Å². The van der Waals surface area contributed by atoms with Crippen molar-refractivity contribution in [1.29, 1.82) is 0 Å². The lowest BCUT2D eigenvalue weighted by atomic mass is 10.0. The Morgan fingerprint density at radius 1 is 1.03 bits per heavy atom. The van der Waals surface area contributed by atoms with Gasteiger partial charge < -0.3 is 23.4 Å². The van der Waals surface area contributed by atoms with E-state index < -0.39 is 17.6 Å². The summed E-state index contributed by atoms with van der Waals surface area (Å²) in [4.78, 5) is 27.4. The van der Waals surface area contributed by atoms with Crippen LogP contribution in [0.4, 0.5) is 14.7 Å². The number of carbonyl (C=O) groups is 1. The predicted octanol–water partition coefficient (Wildman–Crippen LogP) is 4.15. The Bertz CT molecular complexity index is 1430. The summed E-state index contributed by atoms with van der Waals surface area (Å²) in [6.07, 6.45) is 1.63. The molecule has 3 heterocycles. The molecular formula is C25H20F2N2O5. The molecule has 1 saturated heterocycles. The standard InChI is InChI=1S/C25H20F2N2O5/c1-32-25(31)15-9-19(21-3-2-4-29(21)18-12-16(26)11-17(27)13-18)24-20(10-15)22(30)14-23(34-24)28-5-7-33-8-6-28/h2-4,9-14H,5-8H2,1H3. The summed E-state index contributed by atoms with van der Waals surface area (Å²) in [5.41, 5.74) is 1.18. The molecule has 5 rings (SSSR count). The molecular weight excluding hydrogens is 446 g/mol. The van der Waals surface area contributed by atoms with Gasteiger partial charge in [0.25, 0.3) is 0 Å². The van der Waals surface area contributed by atoms with Gasteiger partial charge >= 0.3 is 5.97 Å². The monoisotopic (exact) mass is 466 g/mol. The number of carbonyl (C=O) groups excluding carboxylic acids is 1. The van der Waals surface area contributed by atoms with Crippen molar-refractivity contribution in [3.05, 3.63) is 82.1 Å². The third-order valence-corrected chi connectivity index (χ3v) is 5.71. The fourth-order valence-electron chi connectivity index (χ4n) is 4.12. The second-order valence-corrected chi connectivity index (χ2v) is 7.83. The molecule has 0 unspecified atom stereocenters. The van der Waals surface area contributed by atoms with Gasteiger partial charge in [-0.15, -0.1) is 0 Å². The van der Waals surface area contributed by atoms with Crippen molar-refractivity contribution in [1.82, 2.24) is 4.57 Å². The zero-order chi connectivity index (χ0) is 23.8. The molecule has 0 saturated carbocycles. The van der Waals surface area contributed by atoms with Gasteiger partial charge in [-0.3, -0.25) is 4.79 Å². The first-order chi connectivity index (χ1) is 16.4. The molecule has 0 atom stereocenters. The first-order valence-electron chi connectivity index (χ1n) is 10.6. The highest BCUT2D eigenvalue weighted by Gasteiger charge is 2.21. The number of fused-ring (bicyclic) bond motifs is 1. The quantitative estimate of drug-likeness (QED) is 0.421. The number of benzene rings is 2. The van der Waals surface area contributed by atoms with Crippen LogP contribution in [0.3, 0.4) is 0 Å². The Balaban J connectivity index is 1.77. The highest BCUT2D eigenvalue weighted by Crippen LogP contribution is 2.34. The Morgan fingerprint density at radius 3 is 2.47 bits per heavy atom. The molecule has 0 aliphatic carbocycles. The normalized spacial score (nSPS) is 13.9. The summed E-state index contributed by atoms with van der Waals surface area (Å²) >= 11 is 0. The van der Waals surface area contributed by atoms with Crippen LogP contribution < -0.4 is 10.3 Å². The number of aromatic nitrogens is 1. The van der Waals surface area contributed by atoms with Gasteiger partial charge in [0.05, 0.1) is 42.7 Å². The maximum absolute atomic E-state index is 13.9. The Morgan fingerprint density at radius 2 is 1.76 bits per heavy atom. The average Bonchev–Trinajstić information content (AvgIpc) is 3.33. The molecule has 0 radical (unpaired) electrons. The van der Waals surface area contributed by atoms with E-state index in [2.05, 4.69) is 0 Å². The topological polar surface area (TPSA) is 73.9 Å². The van der Waals surface area contributed by atoms with Crippen LogP contribution in [0, 0.1) is 11.6 Å². The lowest BCUT2D eigenvalue weighted by Crippen LogP contribution is -2.36. The highest BCUT2D eigenvalue weighted by atomic mass is 19.1. The second-order valence-electron chi connectivity index (χ2n) is 7.83. The number of morpholine rings is 1. The van der Waals surface area contributed by atoms with Crippen molar-refractivity contribution in [2.24, 2.45) is 0 Å². The van der Waals surface area contributed by atoms with Gasteiger partial charge in [-0.1, -0.05) is 0 Å². The first kappa shape index (κ1) is 21.8. The molecule has 0 amide bonds. The minimum Gasteiger partial charge on any atom is -0.465 e. The Hall–Kier alpha value is -3.98. The third-order valence-electron chi connectivity index (χ3n) is 5.71. The molecule has 7 nitrogen and oxygen atoms in total. The van der Waals surface area contributed by atoms with E-state index in [9.17, 15) is 18.4 Å². The van der Waals surface area contributed by atoms with E-state index in [1.165, 1.54) is 31.4 Å². The van der Waals surface area contributed by atoms with E-state index in [1.807, 2.05) is 4.90 Å². The summed E-state index contributed by atoms with van der Waals surface area (Å²) in [6, 6.07) is 10.9. The summed E-state index contributed by atoms with van der Waals surface area (Å²) in [5.74, 6) is -1.72. The smallest absolute Gasteiger partial charge is 0.337 e. The van der Waals surface area contributed by atoms with Crippen molar-refractivity contribution in [3.8, 4) is 16.9 Å². The molecule has 174 valence electrons. The number of nitrogens with zero attached hydrogens (tertiary/aromatic N) is 2. The maximum atomic E-state index is 13.9. The van der Waals surface area contributed by atoms with Crippen LogP contribution in [-0.4, -0.2) is 43.9 Å². The number of ether oxygens (including phenoxy) is 2. The maximum Gasteiger partial charge on any atom is 0.337 e. The summed E-state index contributed by atoms with van der Waals surface area (Å²) in [6.45, 7) is 2.12. The minimum atomic E-state index is -0.732. The Kier molecular flexibility index (Phi) is 5.62. The number of esters is 1. The summed E-state index contributed by atoms with van der Waals surface area (Å²) < 4.78 is 45.9. The minimum absolute atomic E-state index is 0.148. The first-order valence-corrected chi connectivity index (χ1v) is 10.6. The molecule has 2 aromatic heterocycles. The van der Waals surface area contributed by atoms with E-state index in [4.69, 9.17) is 13.9 Å². The number of anilines is 1. The average molecular weight is 466 g/mol. The predicted molar refractivity (Wildman–Crippen MR) is 122 cm³/mol. The van der Waals surface area contributed by atoms with Crippen molar-refractivity contribution in [3.63, 3.8) is 0 Å². The molecule has 4 aromatic rings.